The Kier molecular flexibility index (Phi) is 5.43. The fraction of sp³-hybridized carbons (Fsp3) is 1.00. The molecular formula is C12H23F3N2O. The first-order chi connectivity index (χ1) is 8.27. The number of nitrogens with zero attached hydrogens (tertiary/aromatic N) is 1. The molecule has 0 spiro atoms. The summed E-state index contributed by atoms with van der Waals surface area (Å²) in [4.78, 5) is 2.23. The van der Waals surface area contributed by atoms with E-state index in [0.29, 0.717) is 12.6 Å². The zero-order valence-corrected chi connectivity index (χ0v) is 11.3. The van der Waals surface area contributed by atoms with Crippen LogP contribution in [0.3, 0.4) is 0 Å². The summed E-state index contributed by atoms with van der Waals surface area (Å²) in [5.74, 6) is 0. The van der Waals surface area contributed by atoms with Gasteiger partial charge in [-0.05, 0) is 20.3 Å². The maximum absolute atomic E-state index is 12.0. The van der Waals surface area contributed by atoms with E-state index in [9.17, 15) is 13.2 Å². The van der Waals surface area contributed by atoms with E-state index in [2.05, 4.69) is 35.7 Å². The van der Waals surface area contributed by atoms with Gasteiger partial charge in [0.1, 0.15) is 6.61 Å². The fourth-order valence-corrected chi connectivity index (χ4v) is 2.19. The lowest BCUT2D eigenvalue weighted by molar-refractivity contribution is -0.175. The Hall–Kier alpha value is -0.330. The van der Waals surface area contributed by atoms with Crippen LogP contribution >= 0.6 is 0 Å². The highest BCUT2D eigenvalue weighted by Gasteiger charge is 2.35. The van der Waals surface area contributed by atoms with Gasteiger partial charge in [-0.1, -0.05) is 6.92 Å². The third-order valence-electron chi connectivity index (χ3n) is 3.62. The van der Waals surface area contributed by atoms with E-state index < -0.39 is 12.8 Å². The van der Waals surface area contributed by atoms with E-state index >= 15 is 0 Å². The Morgan fingerprint density at radius 3 is 2.67 bits per heavy atom. The first-order valence-corrected chi connectivity index (χ1v) is 6.40. The molecule has 1 aliphatic rings. The van der Waals surface area contributed by atoms with Crippen molar-refractivity contribution in [1.82, 2.24) is 10.2 Å². The van der Waals surface area contributed by atoms with Crippen molar-refractivity contribution in [2.75, 3.05) is 32.8 Å². The van der Waals surface area contributed by atoms with Crippen molar-refractivity contribution in [1.29, 1.82) is 0 Å². The standard InChI is InChI=1S/C12H23F3N2O/c1-4-11(3)8-16-10(2)7-17(11)5-6-18-9-12(13,14)15/h10,16H,4-9H2,1-3H3. The van der Waals surface area contributed by atoms with Gasteiger partial charge in [0.2, 0.25) is 0 Å². The van der Waals surface area contributed by atoms with Crippen molar-refractivity contribution in [3.63, 3.8) is 0 Å². The van der Waals surface area contributed by atoms with Gasteiger partial charge in [-0.3, -0.25) is 4.90 Å². The minimum absolute atomic E-state index is 0.00804. The molecule has 1 saturated heterocycles. The molecular weight excluding hydrogens is 245 g/mol. The fourth-order valence-electron chi connectivity index (χ4n) is 2.19. The molecule has 0 bridgehead atoms. The maximum Gasteiger partial charge on any atom is 0.411 e. The lowest BCUT2D eigenvalue weighted by Gasteiger charge is -2.47. The van der Waals surface area contributed by atoms with Crippen molar-refractivity contribution in [3.05, 3.63) is 0 Å². The van der Waals surface area contributed by atoms with Gasteiger partial charge in [0.25, 0.3) is 0 Å². The SMILES string of the molecule is CCC1(C)CNC(C)CN1CCOCC(F)(F)F. The van der Waals surface area contributed by atoms with Crippen LogP contribution in [-0.4, -0.2) is 55.5 Å². The molecule has 3 nitrogen and oxygen atoms in total. The van der Waals surface area contributed by atoms with Crippen LogP contribution in [0.4, 0.5) is 13.2 Å². The third-order valence-corrected chi connectivity index (χ3v) is 3.62. The molecule has 0 amide bonds. The minimum atomic E-state index is -4.23. The van der Waals surface area contributed by atoms with Gasteiger partial charge in [0.05, 0.1) is 6.61 Å². The molecule has 1 heterocycles. The number of hydrogen-bond donors (Lipinski definition) is 1. The quantitative estimate of drug-likeness (QED) is 0.772. The molecule has 0 saturated carbocycles. The van der Waals surface area contributed by atoms with E-state index in [4.69, 9.17) is 0 Å². The Labute approximate surface area is 107 Å². The normalized spacial score (nSPS) is 30.7. The molecule has 0 aromatic heterocycles. The predicted octanol–water partition coefficient (Wildman–Crippen LogP) is 2.03. The summed E-state index contributed by atoms with van der Waals surface area (Å²) in [6.45, 7) is 7.55. The monoisotopic (exact) mass is 268 g/mol. The molecule has 2 atom stereocenters. The van der Waals surface area contributed by atoms with Crippen LogP contribution in [0.2, 0.25) is 0 Å². The number of hydrogen-bond acceptors (Lipinski definition) is 3. The molecule has 1 rings (SSSR count). The van der Waals surface area contributed by atoms with Crippen molar-refractivity contribution in [3.8, 4) is 0 Å². The van der Waals surface area contributed by atoms with Crippen LogP contribution in [-0.2, 0) is 4.74 Å². The molecule has 0 aliphatic carbocycles. The summed E-state index contributed by atoms with van der Waals surface area (Å²) >= 11 is 0. The molecule has 18 heavy (non-hydrogen) atoms. The first kappa shape index (κ1) is 15.7. The van der Waals surface area contributed by atoms with Gasteiger partial charge in [0.15, 0.2) is 0 Å². The Morgan fingerprint density at radius 2 is 2.11 bits per heavy atom. The average Bonchev–Trinajstić information content (AvgIpc) is 2.28. The molecule has 1 N–H and O–H groups in total. The molecule has 1 fully saturated rings. The zero-order valence-electron chi connectivity index (χ0n) is 11.3. The van der Waals surface area contributed by atoms with Crippen LogP contribution < -0.4 is 5.32 Å². The van der Waals surface area contributed by atoms with Gasteiger partial charge in [-0.15, -0.1) is 0 Å². The van der Waals surface area contributed by atoms with E-state index in [1.165, 1.54) is 0 Å². The summed E-state index contributed by atoms with van der Waals surface area (Å²) < 4.78 is 40.5. The Bertz CT molecular complexity index is 260. The molecule has 1 aliphatic heterocycles. The number of alkyl halides is 3. The number of nitrogens with one attached hydrogen (secondary N) is 1. The van der Waals surface area contributed by atoms with Crippen molar-refractivity contribution < 1.29 is 17.9 Å². The van der Waals surface area contributed by atoms with Crippen molar-refractivity contribution in [2.24, 2.45) is 0 Å². The summed E-state index contributed by atoms with van der Waals surface area (Å²) in [6, 6.07) is 0.368. The molecule has 6 heteroatoms. The lowest BCUT2D eigenvalue weighted by atomic mass is 9.92. The number of rotatable bonds is 5. The van der Waals surface area contributed by atoms with E-state index in [1.807, 2.05) is 0 Å². The lowest BCUT2D eigenvalue weighted by Crippen LogP contribution is -2.62. The highest BCUT2D eigenvalue weighted by atomic mass is 19.4. The number of ether oxygens (including phenoxy) is 1. The molecule has 0 radical (unpaired) electrons. The minimum Gasteiger partial charge on any atom is -0.371 e. The number of piperazine rings is 1. The largest absolute Gasteiger partial charge is 0.411 e. The molecule has 0 aromatic carbocycles. The van der Waals surface area contributed by atoms with E-state index in [1.54, 1.807) is 0 Å². The van der Waals surface area contributed by atoms with Crippen molar-refractivity contribution >= 4 is 0 Å². The van der Waals surface area contributed by atoms with Gasteiger partial charge in [-0.25, -0.2) is 0 Å². The van der Waals surface area contributed by atoms with Crippen LogP contribution in [0.25, 0.3) is 0 Å². The summed E-state index contributed by atoms with van der Waals surface area (Å²) in [7, 11) is 0. The van der Waals surface area contributed by atoms with Crippen molar-refractivity contribution in [2.45, 2.75) is 44.9 Å². The van der Waals surface area contributed by atoms with Gasteiger partial charge in [0, 0.05) is 31.2 Å². The maximum atomic E-state index is 12.0. The van der Waals surface area contributed by atoms with Crippen LogP contribution in [0.15, 0.2) is 0 Å². The molecule has 2 unspecified atom stereocenters. The Morgan fingerprint density at radius 1 is 1.44 bits per heavy atom. The predicted molar refractivity (Wildman–Crippen MR) is 64.6 cm³/mol. The van der Waals surface area contributed by atoms with Crippen LogP contribution in [0.1, 0.15) is 27.2 Å². The van der Waals surface area contributed by atoms with E-state index in [0.717, 1.165) is 19.5 Å². The second kappa shape index (κ2) is 6.21. The highest BCUT2D eigenvalue weighted by Crippen LogP contribution is 2.22. The average molecular weight is 268 g/mol. The molecule has 0 aromatic rings. The van der Waals surface area contributed by atoms with Crippen LogP contribution in [0.5, 0.6) is 0 Å². The first-order valence-electron chi connectivity index (χ1n) is 6.40. The second-order valence-electron chi connectivity index (χ2n) is 5.25. The summed E-state index contributed by atoms with van der Waals surface area (Å²) in [6.07, 6.45) is -3.27. The third kappa shape index (κ3) is 4.74. The van der Waals surface area contributed by atoms with Crippen LogP contribution in [0, 0.1) is 0 Å². The van der Waals surface area contributed by atoms with E-state index in [-0.39, 0.29) is 12.1 Å². The summed E-state index contributed by atoms with van der Waals surface area (Å²) in [5, 5.41) is 3.41. The highest BCUT2D eigenvalue weighted by molar-refractivity contribution is 4.93. The topological polar surface area (TPSA) is 24.5 Å². The zero-order chi connectivity index (χ0) is 13.8. The van der Waals surface area contributed by atoms with Gasteiger partial charge >= 0.3 is 6.18 Å². The van der Waals surface area contributed by atoms with Gasteiger partial charge in [-0.2, -0.15) is 13.2 Å². The van der Waals surface area contributed by atoms with Gasteiger partial charge < -0.3 is 10.1 Å². The smallest absolute Gasteiger partial charge is 0.371 e. The number of halogens is 3. The molecule has 108 valence electrons. The summed E-state index contributed by atoms with van der Waals surface area (Å²) in [5.41, 5.74) is 0.00804. The Balaban J connectivity index is 2.38. The second-order valence-corrected chi connectivity index (χ2v) is 5.25.